The van der Waals surface area contributed by atoms with Gasteiger partial charge in [-0.2, -0.15) is 0 Å². The lowest BCUT2D eigenvalue weighted by atomic mass is 9.95. The number of amides is 1. The van der Waals surface area contributed by atoms with Crippen molar-refractivity contribution in [2.24, 2.45) is 5.92 Å². The summed E-state index contributed by atoms with van der Waals surface area (Å²) in [5, 5.41) is 14.8. The number of nitrogens with one attached hydrogen (secondary N) is 1. The fourth-order valence-electron chi connectivity index (χ4n) is 3.55. The topological polar surface area (TPSA) is 75.9 Å². The Labute approximate surface area is 164 Å². The van der Waals surface area contributed by atoms with Crippen LogP contribution in [0.1, 0.15) is 30.3 Å². The highest BCUT2D eigenvalue weighted by Crippen LogP contribution is 2.23. The Morgan fingerprint density at radius 1 is 1.37 bits per heavy atom. The zero-order valence-electron chi connectivity index (χ0n) is 15.6. The van der Waals surface area contributed by atoms with Gasteiger partial charge in [0.05, 0.1) is 0 Å². The van der Waals surface area contributed by atoms with Gasteiger partial charge in [-0.1, -0.05) is 12.1 Å². The van der Waals surface area contributed by atoms with E-state index in [9.17, 15) is 9.18 Å². The first-order valence-corrected chi connectivity index (χ1v) is 9.00. The van der Waals surface area contributed by atoms with Gasteiger partial charge in [0, 0.05) is 19.5 Å². The van der Waals surface area contributed by atoms with Crippen molar-refractivity contribution in [3.8, 4) is 0 Å². The van der Waals surface area contributed by atoms with Crippen molar-refractivity contribution < 1.29 is 9.18 Å². The minimum atomic E-state index is -0.562. The van der Waals surface area contributed by atoms with Gasteiger partial charge < -0.3 is 10.2 Å². The van der Waals surface area contributed by atoms with Crippen molar-refractivity contribution in [3.63, 3.8) is 0 Å². The fourth-order valence-corrected chi connectivity index (χ4v) is 3.55. The third kappa shape index (κ3) is 5.23. The van der Waals surface area contributed by atoms with Crippen LogP contribution in [0.15, 0.2) is 24.3 Å². The number of aryl methyl sites for hydroxylation is 1. The molecule has 27 heavy (non-hydrogen) atoms. The molecule has 0 spiro atoms. The number of carbonyl (C=O) groups is 1. The van der Waals surface area contributed by atoms with E-state index in [1.807, 2.05) is 18.0 Å². The van der Waals surface area contributed by atoms with E-state index in [-0.39, 0.29) is 24.1 Å². The first-order valence-electron chi connectivity index (χ1n) is 9.00. The summed E-state index contributed by atoms with van der Waals surface area (Å²) in [5.41, 5.74) is 0.753. The highest BCUT2D eigenvalue weighted by Gasteiger charge is 2.31. The highest BCUT2D eigenvalue weighted by atomic mass is 35.5. The predicted octanol–water partition coefficient (Wildman–Crippen LogP) is 1.78. The smallest absolute Gasteiger partial charge is 0.247 e. The van der Waals surface area contributed by atoms with E-state index < -0.39 is 6.04 Å². The normalized spacial score (nSPS) is 16.0. The molecule has 0 aliphatic carbocycles. The lowest BCUT2D eigenvalue weighted by Crippen LogP contribution is -2.44. The van der Waals surface area contributed by atoms with Crippen LogP contribution in [0.5, 0.6) is 0 Å². The van der Waals surface area contributed by atoms with Crippen LogP contribution in [0.2, 0.25) is 0 Å². The van der Waals surface area contributed by atoms with Gasteiger partial charge in [-0.05, 0) is 67.4 Å². The maximum Gasteiger partial charge on any atom is 0.247 e. The van der Waals surface area contributed by atoms with Gasteiger partial charge >= 0.3 is 0 Å². The van der Waals surface area contributed by atoms with E-state index in [1.165, 1.54) is 12.1 Å². The van der Waals surface area contributed by atoms with Gasteiger partial charge in [0.1, 0.15) is 17.7 Å². The molecule has 1 N–H and O–H groups in total. The van der Waals surface area contributed by atoms with Crippen LogP contribution in [0.25, 0.3) is 0 Å². The quantitative estimate of drug-likeness (QED) is 0.805. The molecule has 1 unspecified atom stereocenters. The SMILES string of the molecule is CNCC1CCN(C(=O)C(Cc2cccc(F)c2)n2nnnc2C)CC1.Cl. The second-order valence-corrected chi connectivity index (χ2v) is 6.85. The number of piperidine rings is 1. The van der Waals surface area contributed by atoms with E-state index >= 15 is 0 Å². The number of halogens is 2. The molecule has 3 rings (SSSR count). The van der Waals surface area contributed by atoms with Gasteiger partial charge in [0.25, 0.3) is 0 Å². The second-order valence-electron chi connectivity index (χ2n) is 6.85. The Balaban J connectivity index is 0.00000261. The van der Waals surface area contributed by atoms with Crippen molar-refractivity contribution in [1.82, 2.24) is 30.4 Å². The molecular formula is C18H26ClFN6O. The third-order valence-corrected chi connectivity index (χ3v) is 4.97. The summed E-state index contributed by atoms with van der Waals surface area (Å²) in [4.78, 5) is 15.1. The number of hydrogen-bond donors (Lipinski definition) is 1. The maximum absolute atomic E-state index is 13.6. The van der Waals surface area contributed by atoms with Crippen LogP contribution < -0.4 is 5.32 Å². The fraction of sp³-hybridized carbons (Fsp3) is 0.556. The Morgan fingerprint density at radius 2 is 2.11 bits per heavy atom. The number of aromatic nitrogens is 4. The summed E-state index contributed by atoms with van der Waals surface area (Å²) in [6, 6.07) is 5.77. The molecular weight excluding hydrogens is 371 g/mol. The number of benzene rings is 1. The van der Waals surface area contributed by atoms with Crippen molar-refractivity contribution >= 4 is 18.3 Å². The Bertz CT molecular complexity index is 747. The van der Waals surface area contributed by atoms with Gasteiger partial charge in [-0.25, -0.2) is 9.07 Å². The molecule has 1 atom stereocenters. The van der Waals surface area contributed by atoms with E-state index in [4.69, 9.17) is 0 Å². The van der Waals surface area contributed by atoms with E-state index in [1.54, 1.807) is 17.7 Å². The average Bonchev–Trinajstić information content (AvgIpc) is 3.06. The Kier molecular flexibility index (Phi) is 7.67. The van der Waals surface area contributed by atoms with Gasteiger partial charge in [0.15, 0.2) is 0 Å². The molecule has 0 saturated carbocycles. The molecule has 1 fully saturated rings. The highest BCUT2D eigenvalue weighted by molar-refractivity contribution is 5.85. The largest absolute Gasteiger partial charge is 0.341 e. The van der Waals surface area contributed by atoms with Gasteiger partial charge in [-0.3, -0.25) is 4.79 Å². The molecule has 7 nitrogen and oxygen atoms in total. The van der Waals surface area contributed by atoms with Crippen LogP contribution in [0.3, 0.4) is 0 Å². The van der Waals surface area contributed by atoms with Crippen molar-refractivity contribution in [2.75, 3.05) is 26.7 Å². The molecule has 1 aromatic heterocycles. The van der Waals surface area contributed by atoms with Crippen LogP contribution in [0.4, 0.5) is 4.39 Å². The van der Waals surface area contributed by atoms with Crippen molar-refractivity contribution in [2.45, 2.75) is 32.2 Å². The number of likely N-dealkylation sites (tertiary alicyclic amines) is 1. The van der Waals surface area contributed by atoms with E-state index in [0.717, 1.165) is 38.0 Å². The molecule has 0 bridgehead atoms. The molecule has 1 amide bonds. The number of rotatable bonds is 6. The Morgan fingerprint density at radius 3 is 2.70 bits per heavy atom. The number of nitrogens with zero attached hydrogens (tertiary/aromatic N) is 5. The molecule has 9 heteroatoms. The van der Waals surface area contributed by atoms with Crippen LogP contribution in [0, 0.1) is 18.7 Å². The summed E-state index contributed by atoms with van der Waals surface area (Å²) in [5.74, 6) is 0.855. The first-order chi connectivity index (χ1) is 12.6. The molecule has 2 aromatic rings. The van der Waals surface area contributed by atoms with E-state index in [0.29, 0.717) is 18.2 Å². The van der Waals surface area contributed by atoms with Crippen molar-refractivity contribution in [1.29, 1.82) is 0 Å². The monoisotopic (exact) mass is 396 g/mol. The van der Waals surface area contributed by atoms with Crippen LogP contribution >= 0.6 is 12.4 Å². The minimum Gasteiger partial charge on any atom is -0.341 e. The molecule has 148 valence electrons. The number of tetrazole rings is 1. The predicted molar refractivity (Wildman–Crippen MR) is 102 cm³/mol. The van der Waals surface area contributed by atoms with Crippen molar-refractivity contribution in [3.05, 3.63) is 41.5 Å². The number of carbonyl (C=O) groups excluding carboxylic acids is 1. The molecule has 0 radical (unpaired) electrons. The van der Waals surface area contributed by atoms with E-state index in [2.05, 4.69) is 20.8 Å². The summed E-state index contributed by atoms with van der Waals surface area (Å²) < 4.78 is 15.1. The van der Waals surface area contributed by atoms with Crippen LogP contribution in [-0.2, 0) is 11.2 Å². The third-order valence-electron chi connectivity index (χ3n) is 4.97. The second kappa shape index (κ2) is 9.75. The molecule has 1 aliphatic heterocycles. The summed E-state index contributed by atoms with van der Waals surface area (Å²) in [7, 11) is 1.95. The Hall–Kier alpha value is -2.06. The van der Waals surface area contributed by atoms with Gasteiger partial charge in [0.2, 0.25) is 5.91 Å². The first kappa shape index (κ1) is 21.2. The molecule has 1 saturated heterocycles. The average molecular weight is 397 g/mol. The standard InChI is InChI=1S/C18H25FN6O.ClH/c1-13-21-22-23-25(13)17(11-15-4-3-5-16(19)10-15)18(26)24-8-6-14(7-9-24)12-20-2;/h3-5,10,14,17,20H,6-9,11-12H2,1-2H3;1H. The zero-order chi connectivity index (χ0) is 18.5. The lowest BCUT2D eigenvalue weighted by molar-refractivity contribution is -0.136. The summed E-state index contributed by atoms with van der Waals surface area (Å²) in [6.07, 6.45) is 2.32. The molecule has 2 heterocycles. The molecule has 1 aromatic carbocycles. The minimum absolute atomic E-state index is 0. The van der Waals surface area contributed by atoms with Crippen LogP contribution in [-0.4, -0.2) is 57.7 Å². The zero-order valence-corrected chi connectivity index (χ0v) is 16.5. The molecule has 1 aliphatic rings. The number of hydrogen-bond acceptors (Lipinski definition) is 5. The summed E-state index contributed by atoms with van der Waals surface area (Å²) in [6.45, 7) is 4.20. The lowest BCUT2D eigenvalue weighted by Gasteiger charge is -2.34. The maximum atomic E-state index is 13.6. The van der Waals surface area contributed by atoms with Gasteiger partial charge in [-0.15, -0.1) is 17.5 Å². The summed E-state index contributed by atoms with van der Waals surface area (Å²) >= 11 is 0.